The summed E-state index contributed by atoms with van der Waals surface area (Å²) in [7, 11) is 5.22. The molecule has 5 amide bonds. The highest BCUT2D eigenvalue weighted by Crippen LogP contribution is 2.48. The van der Waals surface area contributed by atoms with Crippen molar-refractivity contribution in [3.8, 4) is 11.1 Å². The van der Waals surface area contributed by atoms with Crippen LogP contribution in [-0.4, -0.2) is 191 Å². The number of fused-ring (bicyclic) bond motifs is 2. The first-order chi connectivity index (χ1) is 46.5. The fourth-order valence-corrected chi connectivity index (χ4v) is 13.4. The maximum absolute atomic E-state index is 14.2. The third-order valence-electron chi connectivity index (χ3n) is 19.2. The van der Waals surface area contributed by atoms with Crippen molar-refractivity contribution in [3.05, 3.63) is 190 Å². The largest absolute Gasteiger partial charge is 0.446 e. The quantitative estimate of drug-likeness (QED) is 0.0390. The highest BCUT2D eigenvalue weighted by Gasteiger charge is 2.50. The van der Waals surface area contributed by atoms with Gasteiger partial charge in [-0.1, -0.05) is 84.9 Å². The van der Waals surface area contributed by atoms with Gasteiger partial charge in [0.15, 0.2) is 0 Å². The number of para-hydroxylation sites is 1. The number of nitrogens with one attached hydrogen (secondary N) is 2. The summed E-state index contributed by atoms with van der Waals surface area (Å²) in [4.78, 5) is 77.1. The first-order valence-corrected chi connectivity index (χ1v) is 32.9. The molecule has 3 fully saturated rings. The van der Waals surface area contributed by atoms with Crippen LogP contribution in [0.3, 0.4) is 0 Å². The Morgan fingerprint density at radius 3 is 2.01 bits per heavy atom. The number of likely N-dealkylation sites (tertiary alicyclic amines) is 2. The standard InChI is InChI=1S/C73H83F7N8O9/c1-83(33-11-34-85(3)67(91)52-18-24-59(25-19-52)81-32-43-94-42-28-65(89)84(2)40-41-86-35-26-60(27-36-86)97-69(93)82-63-17-10-8-15-61(63)51-12-5-4-6-13-51)66(90)48-95-64-46-53-14-7-9-16-62(53)70(64)29-37-87(38-30-70)39-31-71(55-20-22-58(74)23-21-55)49-88(50-96-71)68(92)54-44-56(72(75,76)77)47-57(45-54)73(78,79)80/h4-10,12-25,44-45,47,60,64,81H,11,26-43,46,48-50H2,1-3H3,(H,82,93)/t64-,71+/m0/s1. The van der Waals surface area contributed by atoms with Crippen LogP contribution in [-0.2, 0) is 58.3 Å². The molecule has 3 saturated heterocycles. The number of hydrogen-bond donors (Lipinski definition) is 2. The Labute approximate surface area is 560 Å². The molecule has 6 aromatic carbocycles. The van der Waals surface area contributed by atoms with Crippen molar-refractivity contribution in [2.75, 3.05) is 130 Å². The van der Waals surface area contributed by atoms with Crippen LogP contribution in [0.15, 0.2) is 146 Å². The van der Waals surface area contributed by atoms with Crippen LogP contribution in [0.1, 0.15) is 93.5 Å². The number of alkyl halides is 6. The van der Waals surface area contributed by atoms with Crippen molar-refractivity contribution in [2.45, 2.75) is 86.9 Å². The van der Waals surface area contributed by atoms with Crippen molar-refractivity contribution < 1.29 is 73.7 Å². The summed E-state index contributed by atoms with van der Waals surface area (Å²) in [6.07, 6.45) is -6.89. The number of nitrogens with zero attached hydrogens (tertiary/aromatic N) is 6. The second-order valence-electron chi connectivity index (χ2n) is 25.5. The summed E-state index contributed by atoms with van der Waals surface area (Å²) in [6, 6.07) is 39.0. The van der Waals surface area contributed by atoms with Crippen LogP contribution in [0.4, 0.5) is 46.9 Å². The molecule has 4 aliphatic rings. The number of ether oxygens (including phenoxy) is 4. The SMILES string of the molecule is CN(CCN1CCC(OC(=O)Nc2ccccc2-c2ccccc2)CC1)C(=O)CCOCCNc1ccc(C(=O)N(C)CCCN(C)C(=O)CO[C@H]2Cc3ccccc3C23CCN(CC[C@]2(c4ccc(F)cc4)CN(C(=O)c4cc(C(F)(F)F)cc(C(F)(F)F)c4)CO2)CC3)cc1. The molecule has 2 N–H and O–H groups in total. The maximum atomic E-state index is 14.2. The minimum absolute atomic E-state index is 0.00914. The van der Waals surface area contributed by atoms with Gasteiger partial charge in [-0.2, -0.15) is 26.3 Å². The minimum Gasteiger partial charge on any atom is -0.446 e. The van der Waals surface area contributed by atoms with Crippen LogP contribution in [0.2, 0.25) is 0 Å². The molecule has 0 bridgehead atoms. The van der Waals surface area contributed by atoms with E-state index < -0.39 is 64.6 Å². The molecule has 17 nitrogen and oxygen atoms in total. The summed E-state index contributed by atoms with van der Waals surface area (Å²) >= 11 is 0. The lowest BCUT2D eigenvalue weighted by Crippen LogP contribution is -2.50. The number of rotatable bonds is 26. The zero-order chi connectivity index (χ0) is 68.9. The summed E-state index contributed by atoms with van der Waals surface area (Å²) in [5.74, 6) is -1.99. The fraction of sp³-hybridized carbons (Fsp3) is 0.438. The molecule has 24 heteroatoms. The van der Waals surface area contributed by atoms with Crippen LogP contribution in [0.25, 0.3) is 11.1 Å². The number of hydrogen-bond acceptors (Lipinski definition) is 12. The molecule has 1 spiro atoms. The molecule has 1 aliphatic carbocycles. The van der Waals surface area contributed by atoms with E-state index >= 15 is 0 Å². The molecule has 2 atom stereocenters. The highest BCUT2D eigenvalue weighted by molar-refractivity contribution is 5.95. The van der Waals surface area contributed by atoms with Gasteiger partial charge in [-0.05, 0) is 141 Å². The van der Waals surface area contributed by atoms with E-state index in [2.05, 4.69) is 32.6 Å². The van der Waals surface area contributed by atoms with E-state index in [9.17, 15) is 54.7 Å². The first-order valence-electron chi connectivity index (χ1n) is 32.9. The lowest BCUT2D eigenvalue weighted by molar-refractivity contribution is -0.143. The van der Waals surface area contributed by atoms with Gasteiger partial charge in [-0.25, -0.2) is 9.18 Å². The topological polar surface area (TPSA) is 166 Å². The zero-order valence-electron chi connectivity index (χ0n) is 54.8. The molecule has 0 saturated carbocycles. The number of amides is 5. The molecule has 3 aliphatic heterocycles. The van der Waals surface area contributed by atoms with Crippen LogP contribution < -0.4 is 10.6 Å². The molecule has 97 heavy (non-hydrogen) atoms. The second kappa shape index (κ2) is 31.8. The molecule has 0 radical (unpaired) electrons. The first kappa shape index (κ1) is 71.4. The highest BCUT2D eigenvalue weighted by atomic mass is 19.4. The predicted molar refractivity (Wildman–Crippen MR) is 352 cm³/mol. The van der Waals surface area contributed by atoms with Crippen molar-refractivity contribution in [1.29, 1.82) is 0 Å². The molecule has 6 aromatic rings. The Morgan fingerprint density at radius 1 is 0.670 bits per heavy atom. The Bertz CT molecular complexity index is 3630. The summed E-state index contributed by atoms with van der Waals surface area (Å²) in [5, 5.41) is 6.21. The Hall–Kier alpha value is -8.42. The van der Waals surface area contributed by atoms with E-state index in [1.807, 2.05) is 78.9 Å². The number of piperidine rings is 2. The maximum Gasteiger partial charge on any atom is 0.416 e. The average molecular weight is 1350 g/mol. The molecular weight excluding hydrogens is 1270 g/mol. The minimum atomic E-state index is -5.15. The van der Waals surface area contributed by atoms with Crippen molar-refractivity contribution >= 4 is 41.1 Å². The third-order valence-corrected chi connectivity index (χ3v) is 19.2. The van der Waals surface area contributed by atoms with Gasteiger partial charge >= 0.3 is 18.4 Å². The van der Waals surface area contributed by atoms with Crippen LogP contribution in [0.5, 0.6) is 0 Å². The Kier molecular flexibility index (Phi) is 23.4. The number of benzene rings is 6. The number of anilines is 2. The number of halogens is 7. The predicted octanol–water partition coefficient (Wildman–Crippen LogP) is 11.8. The van der Waals surface area contributed by atoms with E-state index in [4.69, 9.17) is 18.9 Å². The second-order valence-corrected chi connectivity index (χ2v) is 25.5. The van der Waals surface area contributed by atoms with E-state index in [-0.39, 0.29) is 68.6 Å². The van der Waals surface area contributed by atoms with Crippen LogP contribution in [0, 0.1) is 5.82 Å². The third kappa shape index (κ3) is 18.2. The molecule has 518 valence electrons. The Morgan fingerprint density at radius 2 is 1.31 bits per heavy atom. The van der Waals surface area contributed by atoms with Crippen molar-refractivity contribution in [1.82, 2.24) is 29.4 Å². The normalized spacial score (nSPS) is 18.2. The number of carbonyl (C=O) groups is 5. The lowest BCUT2D eigenvalue weighted by atomic mass is 9.72. The van der Waals surface area contributed by atoms with Crippen molar-refractivity contribution in [2.24, 2.45) is 0 Å². The van der Waals surface area contributed by atoms with Gasteiger partial charge in [-0.3, -0.25) is 24.5 Å². The molecule has 3 heterocycles. The number of likely N-dealkylation sites (N-methyl/N-ethyl adjacent to an activating group) is 2. The molecular formula is C73H83F7N8O9. The number of carbonyl (C=O) groups excluding carboxylic acids is 5. The summed E-state index contributed by atoms with van der Waals surface area (Å²) in [6.45, 7) is 5.55. The van der Waals surface area contributed by atoms with Gasteiger partial charge in [0.05, 0.1) is 49.1 Å². The molecule has 0 unspecified atom stereocenters. The van der Waals surface area contributed by atoms with Gasteiger partial charge in [0.2, 0.25) is 11.8 Å². The average Bonchev–Trinajstić information content (AvgIpc) is 1.61. The van der Waals surface area contributed by atoms with Crippen molar-refractivity contribution in [3.63, 3.8) is 0 Å². The summed E-state index contributed by atoms with van der Waals surface area (Å²) < 4.78 is 121. The van der Waals surface area contributed by atoms with E-state index in [1.54, 1.807) is 48.0 Å². The fourth-order valence-electron chi connectivity index (χ4n) is 13.4. The van der Waals surface area contributed by atoms with Crippen LogP contribution >= 0.6 is 0 Å². The zero-order valence-corrected chi connectivity index (χ0v) is 54.8. The van der Waals surface area contributed by atoms with E-state index in [0.29, 0.717) is 126 Å². The van der Waals surface area contributed by atoms with Gasteiger partial charge in [0, 0.05) is 101 Å². The van der Waals surface area contributed by atoms with E-state index in [1.165, 1.54) is 24.3 Å². The van der Waals surface area contributed by atoms with Gasteiger partial charge in [-0.15, -0.1) is 0 Å². The lowest BCUT2D eigenvalue weighted by Gasteiger charge is -2.44. The van der Waals surface area contributed by atoms with Gasteiger partial charge in [0.25, 0.3) is 11.8 Å². The summed E-state index contributed by atoms with van der Waals surface area (Å²) in [5.41, 5.74) is 1.02. The molecule has 10 rings (SSSR count). The van der Waals surface area contributed by atoms with Gasteiger partial charge < -0.3 is 53.7 Å². The monoisotopic (exact) mass is 1350 g/mol. The van der Waals surface area contributed by atoms with E-state index in [0.717, 1.165) is 45.9 Å². The van der Waals surface area contributed by atoms with Gasteiger partial charge in [0.1, 0.15) is 30.9 Å². The Balaban J connectivity index is 0.604. The molecule has 0 aromatic heterocycles. The smallest absolute Gasteiger partial charge is 0.416 e.